The number of hydrogen-bond acceptors (Lipinski definition) is 7. The Labute approximate surface area is 212 Å². The van der Waals surface area contributed by atoms with Gasteiger partial charge in [0.1, 0.15) is 5.75 Å². The fraction of sp³-hybridized carbons (Fsp3) is 0.385. The average molecular weight is 524 g/mol. The van der Waals surface area contributed by atoms with Gasteiger partial charge in [0, 0.05) is 11.6 Å². The molecule has 2 aromatic rings. The molecule has 0 aliphatic rings. The van der Waals surface area contributed by atoms with E-state index in [4.69, 9.17) is 14.2 Å². The molecule has 2 rings (SSSR count). The van der Waals surface area contributed by atoms with Crippen LogP contribution in [0.2, 0.25) is 0 Å². The molecule has 0 amide bonds. The number of ether oxygens (including phenoxy) is 3. The molecule has 0 aliphatic carbocycles. The molecule has 11 heteroatoms. The van der Waals surface area contributed by atoms with Crippen molar-refractivity contribution in [3.8, 4) is 5.75 Å². The number of nitrogens with zero attached hydrogens (tertiary/aromatic N) is 1. The van der Waals surface area contributed by atoms with Gasteiger partial charge in [-0.25, -0.2) is 0 Å². The van der Waals surface area contributed by atoms with Gasteiger partial charge in [0.15, 0.2) is 5.41 Å². The summed E-state index contributed by atoms with van der Waals surface area (Å²) in [7, 11) is 3.58. The Morgan fingerprint density at radius 1 is 1.05 bits per heavy atom. The predicted molar refractivity (Wildman–Crippen MR) is 128 cm³/mol. The second kappa shape index (κ2) is 11.9. The minimum absolute atomic E-state index is 0.247. The van der Waals surface area contributed by atoms with E-state index in [1.165, 1.54) is 20.1 Å². The highest BCUT2D eigenvalue weighted by atomic mass is 19.4. The van der Waals surface area contributed by atoms with Crippen LogP contribution < -0.4 is 4.74 Å². The number of nitro groups is 1. The molecule has 0 aliphatic heterocycles. The summed E-state index contributed by atoms with van der Waals surface area (Å²) in [4.78, 5) is 37.0. The van der Waals surface area contributed by atoms with Crippen LogP contribution in [0.1, 0.15) is 36.0 Å². The van der Waals surface area contributed by atoms with Crippen molar-refractivity contribution >= 4 is 17.6 Å². The number of halogens is 3. The zero-order chi connectivity index (χ0) is 28.0. The van der Waals surface area contributed by atoms with Crippen molar-refractivity contribution in [3.05, 3.63) is 81.9 Å². The first-order chi connectivity index (χ1) is 17.4. The van der Waals surface area contributed by atoms with E-state index in [1.54, 1.807) is 24.3 Å². The zero-order valence-corrected chi connectivity index (χ0v) is 20.8. The summed E-state index contributed by atoms with van der Waals surface area (Å²) in [5.41, 5.74) is -4.06. The lowest BCUT2D eigenvalue weighted by molar-refractivity contribution is -0.385. The molecule has 0 bridgehead atoms. The summed E-state index contributed by atoms with van der Waals surface area (Å²) in [6.45, 7) is 5.11. The highest BCUT2D eigenvalue weighted by Crippen LogP contribution is 2.47. The quantitative estimate of drug-likeness (QED) is 0.126. The molecule has 0 fully saturated rings. The Morgan fingerprint density at radius 2 is 1.62 bits per heavy atom. The molecule has 2 atom stereocenters. The number of nitro benzene ring substituents is 1. The monoisotopic (exact) mass is 523 g/mol. The maximum Gasteiger partial charge on any atom is 0.416 e. The smallest absolute Gasteiger partial charge is 0.416 e. The van der Waals surface area contributed by atoms with E-state index >= 15 is 0 Å². The van der Waals surface area contributed by atoms with E-state index in [0.717, 1.165) is 32.4 Å². The van der Waals surface area contributed by atoms with Gasteiger partial charge in [-0.1, -0.05) is 31.2 Å². The fourth-order valence-corrected chi connectivity index (χ4v) is 4.62. The topological polar surface area (TPSA) is 105 Å². The lowest BCUT2D eigenvalue weighted by Gasteiger charge is -2.38. The molecule has 0 spiro atoms. The van der Waals surface area contributed by atoms with Gasteiger partial charge >= 0.3 is 18.1 Å². The van der Waals surface area contributed by atoms with Crippen molar-refractivity contribution in [3.63, 3.8) is 0 Å². The Morgan fingerprint density at radius 3 is 2.05 bits per heavy atom. The molecule has 37 heavy (non-hydrogen) atoms. The molecule has 200 valence electrons. The van der Waals surface area contributed by atoms with Crippen molar-refractivity contribution in [1.82, 2.24) is 0 Å². The number of rotatable bonds is 11. The Balaban J connectivity index is 2.87. The summed E-state index contributed by atoms with van der Waals surface area (Å²) in [6, 6.07) is 8.95. The van der Waals surface area contributed by atoms with Gasteiger partial charge in [-0.05, 0) is 48.4 Å². The van der Waals surface area contributed by atoms with E-state index in [1.807, 2.05) is 0 Å². The number of alkyl halides is 3. The number of carbonyl (C=O) groups is 2. The summed E-state index contributed by atoms with van der Waals surface area (Å²) in [6.07, 6.45) is -4.35. The van der Waals surface area contributed by atoms with E-state index < -0.39 is 63.5 Å². The first-order valence-electron chi connectivity index (χ1n) is 11.1. The highest BCUT2D eigenvalue weighted by molar-refractivity contribution is 6.00. The SMILES string of the molecule is C=CCC(C(=O)OC)(C(=O)OC)C(C)C(Cc1c([N+](=O)[O-])cccc1C(F)(F)F)c1ccc(OC)cc1. The molecular weight excluding hydrogens is 495 g/mol. The van der Waals surface area contributed by atoms with Gasteiger partial charge in [0.2, 0.25) is 0 Å². The van der Waals surface area contributed by atoms with Crippen LogP contribution >= 0.6 is 0 Å². The molecule has 0 heterocycles. The molecule has 0 saturated heterocycles. The number of allylic oxidation sites excluding steroid dienone is 1. The number of benzene rings is 2. The van der Waals surface area contributed by atoms with Gasteiger partial charge in [-0.2, -0.15) is 13.2 Å². The van der Waals surface area contributed by atoms with Crippen LogP contribution in [0.5, 0.6) is 5.75 Å². The third kappa shape index (κ3) is 5.92. The zero-order valence-electron chi connectivity index (χ0n) is 20.8. The standard InChI is InChI=1S/C26H28F3NO7/c1-6-14-25(23(31)36-4,24(32)37-5)16(2)19(17-10-12-18(35-3)13-11-17)15-20-21(26(27,28)29)8-7-9-22(20)30(33)34/h6-13,16,19H,1,14-15H2,2-5H3. The second-order valence-electron chi connectivity index (χ2n) is 8.38. The Kier molecular flexibility index (Phi) is 9.43. The van der Waals surface area contributed by atoms with Gasteiger partial charge < -0.3 is 14.2 Å². The predicted octanol–water partition coefficient (Wildman–Crippen LogP) is 5.49. The highest BCUT2D eigenvalue weighted by Gasteiger charge is 2.54. The molecule has 2 unspecified atom stereocenters. The van der Waals surface area contributed by atoms with Gasteiger partial charge in [0.05, 0.1) is 31.8 Å². The molecule has 2 aromatic carbocycles. The van der Waals surface area contributed by atoms with Crippen LogP contribution in [0.3, 0.4) is 0 Å². The maximum absolute atomic E-state index is 14.0. The van der Waals surface area contributed by atoms with E-state index in [9.17, 15) is 32.9 Å². The number of hydrogen-bond donors (Lipinski definition) is 0. The Hall–Kier alpha value is -3.89. The van der Waals surface area contributed by atoms with E-state index in [0.29, 0.717) is 11.3 Å². The van der Waals surface area contributed by atoms with Gasteiger partial charge in [0.25, 0.3) is 5.69 Å². The van der Waals surface area contributed by atoms with Crippen molar-refractivity contribution in [2.24, 2.45) is 11.3 Å². The van der Waals surface area contributed by atoms with Crippen LogP contribution in [0, 0.1) is 21.4 Å². The van der Waals surface area contributed by atoms with Crippen LogP contribution in [0.25, 0.3) is 0 Å². The third-order valence-corrected chi connectivity index (χ3v) is 6.57. The molecule has 0 radical (unpaired) electrons. The van der Waals surface area contributed by atoms with Gasteiger partial charge in [-0.15, -0.1) is 6.58 Å². The van der Waals surface area contributed by atoms with Gasteiger partial charge in [-0.3, -0.25) is 19.7 Å². The largest absolute Gasteiger partial charge is 0.497 e. The number of carbonyl (C=O) groups excluding carboxylic acids is 2. The normalized spacial score (nSPS) is 13.3. The maximum atomic E-state index is 14.0. The minimum Gasteiger partial charge on any atom is -0.497 e. The summed E-state index contributed by atoms with van der Waals surface area (Å²) in [5, 5.41) is 11.7. The Bertz CT molecular complexity index is 1130. The number of esters is 2. The van der Waals surface area contributed by atoms with Crippen LogP contribution in [-0.2, 0) is 31.7 Å². The van der Waals surface area contributed by atoms with E-state index in [-0.39, 0.29) is 6.42 Å². The van der Waals surface area contributed by atoms with Crippen LogP contribution in [0.4, 0.5) is 18.9 Å². The fourth-order valence-electron chi connectivity index (χ4n) is 4.62. The average Bonchev–Trinajstić information content (AvgIpc) is 2.88. The second-order valence-corrected chi connectivity index (χ2v) is 8.38. The van der Waals surface area contributed by atoms with E-state index in [2.05, 4.69) is 6.58 Å². The molecule has 0 saturated carbocycles. The third-order valence-electron chi connectivity index (χ3n) is 6.57. The lowest BCUT2D eigenvalue weighted by atomic mass is 9.64. The van der Waals surface area contributed by atoms with Crippen molar-refractivity contribution in [2.75, 3.05) is 21.3 Å². The van der Waals surface area contributed by atoms with Crippen LogP contribution in [0.15, 0.2) is 55.1 Å². The lowest BCUT2D eigenvalue weighted by Crippen LogP contribution is -2.48. The molecule has 8 nitrogen and oxygen atoms in total. The summed E-state index contributed by atoms with van der Waals surface area (Å²) in [5.74, 6) is -3.55. The summed E-state index contributed by atoms with van der Waals surface area (Å²) >= 11 is 0. The van der Waals surface area contributed by atoms with Crippen LogP contribution in [-0.4, -0.2) is 38.2 Å². The first kappa shape index (κ1) is 29.3. The van der Waals surface area contributed by atoms with Crippen molar-refractivity contribution < 1.29 is 41.9 Å². The molecule has 0 aromatic heterocycles. The molecule has 0 N–H and O–H groups in total. The summed E-state index contributed by atoms with van der Waals surface area (Å²) < 4.78 is 56.9. The van der Waals surface area contributed by atoms with Crippen molar-refractivity contribution in [1.29, 1.82) is 0 Å². The molecular formula is C26H28F3NO7. The van der Waals surface area contributed by atoms with Crippen molar-refractivity contribution in [2.45, 2.75) is 31.9 Å². The first-order valence-corrected chi connectivity index (χ1v) is 11.1. The minimum atomic E-state index is -4.89. The number of methoxy groups -OCH3 is 3.